The number of carbonyl (C=O) groups excluding carboxylic acids is 1. The summed E-state index contributed by atoms with van der Waals surface area (Å²) in [5, 5.41) is 10.0. The van der Waals surface area contributed by atoms with E-state index in [0.717, 1.165) is 23.1 Å². The molecule has 1 N–H and O–H groups in total. The maximum atomic E-state index is 10.8. The van der Waals surface area contributed by atoms with E-state index in [-0.39, 0.29) is 12.4 Å². The lowest BCUT2D eigenvalue weighted by atomic mass is 10.0. The molecule has 0 heterocycles. The number of hydrogen-bond donors (Lipinski definition) is 1. The Morgan fingerprint density at radius 3 is 2.67 bits per heavy atom. The lowest BCUT2D eigenvalue weighted by Gasteiger charge is -2.12. The van der Waals surface area contributed by atoms with Crippen LogP contribution in [0.3, 0.4) is 0 Å². The Kier molecular flexibility index (Phi) is 6.59. The van der Waals surface area contributed by atoms with Crippen LogP contribution in [0.15, 0.2) is 23.8 Å². The van der Waals surface area contributed by atoms with Crippen molar-refractivity contribution in [1.82, 2.24) is 0 Å². The van der Waals surface area contributed by atoms with Gasteiger partial charge in [0.1, 0.15) is 18.1 Å². The van der Waals surface area contributed by atoms with E-state index < -0.39 is 6.16 Å². The zero-order valence-electron chi connectivity index (χ0n) is 12.9. The molecule has 0 aliphatic rings. The number of ether oxygens (including phenoxy) is 3. The van der Waals surface area contributed by atoms with E-state index in [2.05, 4.69) is 4.74 Å². The highest BCUT2D eigenvalue weighted by Gasteiger charge is 2.10. The minimum Gasteiger partial charge on any atom is -0.508 e. The maximum absolute atomic E-state index is 10.8. The fourth-order valence-corrected chi connectivity index (χ4v) is 1.93. The van der Waals surface area contributed by atoms with E-state index in [4.69, 9.17) is 9.47 Å². The molecule has 5 nitrogen and oxygen atoms in total. The average molecular weight is 294 g/mol. The highest BCUT2D eigenvalue weighted by molar-refractivity contribution is 5.59. The number of phenols is 1. The summed E-state index contributed by atoms with van der Waals surface area (Å²) in [5.74, 6) is 0.927. The number of allylic oxidation sites excluding steroid dienone is 1. The molecule has 116 valence electrons. The van der Waals surface area contributed by atoms with Gasteiger partial charge in [-0.05, 0) is 50.5 Å². The fraction of sp³-hybridized carbons (Fsp3) is 0.438. The molecule has 0 aliphatic heterocycles. The van der Waals surface area contributed by atoms with Crippen molar-refractivity contribution >= 4 is 6.16 Å². The van der Waals surface area contributed by atoms with Gasteiger partial charge in [0.05, 0.1) is 14.2 Å². The molecule has 0 fully saturated rings. The number of benzene rings is 1. The number of aromatic hydroxyl groups is 1. The van der Waals surface area contributed by atoms with Crippen LogP contribution in [0.1, 0.15) is 24.5 Å². The van der Waals surface area contributed by atoms with Gasteiger partial charge in [0, 0.05) is 5.56 Å². The van der Waals surface area contributed by atoms with Crippen molar-refractivity contribution in [2.75, 3.05) is 20.8 Å². The minimum absolute atomic E-state index is 0.176. The van der Waals surface area contributed by atoms with Gasteiger partial charge in [-0.25, -0.2) is 4.79 Å². The quantitative estimate of drug-likeness (QED) is 0.643. The van der Waals surface area contributed by atoms with E-state index in [0.29, 0.717) is 12.2 Å². The highest BCUT2D eigenvalue weighted by Crippen LogP contribution is 2.31. The molecule has 0 unspecified atom stereocenters. The van der Waals surface area contributed by atoms with Crippen molar-refractivity contribution in [3.8, 4) is 11.5 Å². The van der Waals surface area contributed by atoms with Gasteiger partial charge in [-0.1, -0.05) is 5.57 Å². The Morgan fingerprint density at radius 1 is 1.33 bits per heavy atom. The Labute approximate surface area is 125 Å². The largest absolute Gasteiger partial charge is 0.508 e. The van der Waals surface area contributed by atoms with Gasteiger partial charge in [0.25, 0.3) is 0 Å². The Morgan fingerprint density at radius 2 is 2.05 bits per heavy atom. The number of rotatable bonds is 6. The second-order valence-electron chi connectivity index (χ2n) is 4.78. The zero-order valence-corrected chi connectivity index (χ0v) is 12.9. The molecular formula is C16H22O5. The van der Waals surface area contributed by atoms with Crippen molar-refractivity contribution in [1.29, 1.82) is 0 Å². The first-order chi connectivity index (χ1) is 9.97. The Balaban J connectivity index is 2.62. The molecule has 0 amide bonds. The summed E-state index contributed by atoms with van der Waals surface area (Å²) in [5.41, 5.74) is 2.79. The van der Waals surface area contributed by atoms with Crippen LogP contribution >= 0.6 is 0 Å². The van der Waals surface area contributed by atoms with Gasteiger partial charge in [0.15, 0.2) is 0 Å². The average Bonchev–Trinajstić information content (AvgIpc) is 2.45. The maximum Gasteiger partial charge on any atom is 0.508 e. The van der Waals surface area contributed by atoms with E-state index >= 15 is 0 Å². The summed E-state index contributed by atoms with van der Waals surface area (Å²) in [4.78, 5) is 10.8. The molecule has 21 heavy (non-hydrogen) atoms. The number of aryl methyl sites for hydroxylation is 1. The van der Waals surface area contributed by atoms with Gasteiger partial charge < -0.3 is 19.3 Å². The SMILES string of the molecule is COC(=O)OC/C=C(/C)CCc1c(O)cc(C)cc1OC. The van der Waals surface area contributed by atoms with Crippen molar-refractivity contribution in [3.63, 3.8) is 0 Å². The van der Waals surface area contributed by atoms with E-state index in [9.17, 15) is 9.90 Å². The second-order valence-corrected chi connectivity index (χ2v) is 4.78. The normalized spacial score (nSPS) is 11.1. The molecule has 0 saturated heterocycles. The zero-order chi connectivity index (χ0) is 15.8. The second kappa shape index (κ2) is 8.19. The van der Waals surface area contributed by atoms with Crippen molar-refractivity contribution in [3.05, 3.63) is 34.9 Å². The summed E-state index contributed by atoms with van der Waals surface area (Å²) < 4.78 is 14.5. The van der Waals surface area contributed by atoms with Crippen LogP contribution in [0.4, 0.5) is 4.79 Å². The number of phenolic OH excluding ortho intramolecular Hbond substituents is 1. The first kappa shape index (κ1) is 16.9. The highest BCUT2D eigenvalue weighted by atomic mass is 16.7. The summed E-state index contributed by atoms with van der Waals surface area (Å²) in [6.07, 6.45) is 2.50. The lowest BCUT2D eigenvalue weighted by Crippen LogP contribution is -2.04. The third kappa shape index (κ3) is 5.38. The molecular weight excluding hydrogens is 272 g/mol. The molecule has 0 saturated carbocycles. The first-order valence-corrected chi connectivity index (χ1v) is 6.70. The Bertz CT molecular complexity index is 520. The van der Waals surface area contributed by atoms with Gasteiger partial charge in [0.2, 0.25) is 0 Å². The standard InChI is InChI=1S/C16H22O5/c1-11(7-8-21-16(18)20-4)5-6-13-14(17)9-12(2)10-15(13)19-3/h7,9-10,17H,5-6,8H2,1-4H3/b11-7-. The first-order valence-electron chi connectivity index (χ1n) is 6.70. The molecule has 0 bridgehead atoms. The van der Waals surface area contributed by atoms with Crippen LogP contribution in [-0.4, -0.2) is 32.1 Å². The third-order valence-electron chi connectivity index (χ3n) is 3.12. The van der Waals surface area contributed by atoms with Crippen molar-refractivity contribution in [2.24, 2.45) is 0 Å². The lowest BCUT2D eigenvalue weighted by molar-refractivity contribution is 0.0816. The molecule has 0 aromatic heterocycles. The topological polar surface area (TPSA) is 65.0 Å². The molecule has 1 aromatic carbocycles. The number of methoxy groups -OCH3 is 2. The van der Waals surface area contributed by atoms with E-state index in [1.54, 1.807) is 13.2 Å². The van der Waals surface area contributed by atoms with Crippen LogP contribution in [0.5, 0.6) is 11.5 Å². The van der Waals surface area contributed by atoms with Crippen LogP contribution in [-0.2, 0) is 15.9 Å². The molecule has 1 rings (SSSR count). The molecule has 1 aromatic rings. The van der Waals surface area contributed by atoms with Gasteiger partial charge in [-0.2, -0.15) is 0 Å². The van der Waals surface area contributed by atoms with Crippen LogP contribution < -0.4 is 4.74 Å². The smallest absolute Gasteiger partial charge is 0.508 e. The predicted molar refractivity (Wildman–Crippen MR) is 79.8 cm³/mol. The van der Waals surface area contributed by atoms with Gasteiger partial charge >= 0.3 is 6.16 Å². The van der Waals surface area contributed by atoms with Crippen LogP contribution in [0.25, 0.3) is 0 Å². The summed E-state index contributed by atoms with van der Waals surface area (Å²) in [7, 11) is 2.86. The van der Waals surface area contributed by atoms with Gasteiger partial charge in [-0.3, -0.25) is 0 Å². The van der Waals surface area contributed by atoms with Gasteiger partial charge in [-0.15, -0.1) is 0 Å². The molecule has 0 spiro atoms. The molecule has 0 radical (unpaired) electrons. The fourth-order valence-electron chi connectivity index (χ4n) is 1.93. The number of carbonyl (C=O) groups is 1. The van der Waals surface area contributed by atoms with E-state index in [1.165, 1.54) is 7.11 Å². The predicted octanol–water partition coefficient (Wildman–Crippen LogP) is 3.37. The summed E-state index contributed by atoms with van der Waals surface area (Å²) in [6.45, 7) is 4.02. The summed E-state index contributed by atoms with van der Waals surface area (Å²) in [6, 6.07) is 3.62. The third-order valence-corrected chi connectivity index (χ3v) is 3.12. The van der Waals surface area contributed by atoms with Crippen LogP contribution in [0.2, 0.25) is 0 Å². The minimum atomic E-state index is -0.697. The summed E-state index contributed by atoms with van der Waals surface area (Å²) >= 11 is 0. The van der Waals surface area contributed by atoms with Crippen LogP contribution in [0, 0.1) is 6.92 Å². The molecule has 0 atom stereocenters. The Hall–Kier alpha value is -2.17. The van der Waals surface area contributed by atoms with E-state index in [1.807, 2.05) is 26.0 Å². The number of hydrogen-bond acceptors (Lipinski definition) is 5. The molecule has 5 heteroatoms. The molecule has 0 aliphatic carbocycles. The van der Waals surface area contributed by atoms with Crippen molar-refractivity contribution < 1.29 is 24.1 Å². The monoisotopic (exact) mass is 294 g/mol. The van der Waals surface area contributed by atoms with Crippen molar-refractivity contribution in [2.45, 2.75) is 26.7 Å².